The van der Waals surface area contributed by atoms with Crippen LogP contribution in [0.3, 0.4) is 0 Å². The molecular weight excluding hydrogens is 381 g/mol. The number of ketones is 1. The number of carbonyl (C=O) groups excluding carboxylic acids is 3. The maximum atomic E-state index is 12.9. The summed E-state index contributed by atoms with van der Waals surface area (Å²) >= 11 is 7.32. The van der Waals surface area contributed by atoms with E-state index in [4.69, 9.17) is 16.3 Å². The van der Waals surface area contributed by atoms with Crippen LogP contribution in [0.1, 0.15) is 33.0 Å². The Labute approximate surface area is 159 Å². The molecule has 1 amide bonds. The number of Topliss-reactive ketones (excluding diaryl/α,β-unsaturated/α-hetero) is 1. The molecule has 0 aliphatic carbocycles. The van der Waals surface area contributed by atoms with Gasteiger partial charge in [-0.05, 0) is 38.1 Å². The molecule has 0 saturated heterocycles. The summed E-state index contributed by atoms with van der Waals surface area (Å²) < 4.78 is 17.8. The second kappa shape index (κ2) is 8.91. The first kappa shape index (κ1) is 20.1. The number of hydrogen-bond acceptors (Lipinski definition) is 5. The Morgan fingerprint density at radius 2 is 1.92 bits per heavy atom. The van der Waals surface area contributed by atoms with E-state index in [9.17, 15) is 18.8 Å². The van der Waals surface area contributed by atoms with E-state index in [0.29, 0.717) is 5.56 Å². The van der Waals surface area contributed by atoms with Gasteiger partial charge in [0.05, 0.1) is 17.1 Å². The summed E-state index contributed by atoms with van der Waals surface area (Å²) in [5.74, 6) is -1.92. The minimum Gasteiger partial charge on any atom is -0.456 e. The zero-order chi connectivity index (χ0) is 19.3. The topological polar surface area (TPSA) is 72.5 Å². The lowest BCUT2D eigenvalue weighted by Crippen LogP contribution is -2.21. The van der Waals surface area contributed by atoms with E-state index in [1.807, 2.05) is 13.8 Å². The summed E-state index contributed by atoms with van der Waals surface area (Å²) in [5, 5.41) is 2.45. The molecule has 2 rings (SSSR count). The molecule has 2 aromatic rings. The fraction of sp³-hybridized carbons (Fsp3) is 0.278. The van der Waals surface area contributed by atoms with Crippen molar-refractivity contribution in [3.8, 4) is 0 Å². The molecule has 138 valence electrons. The number of rotatable bonds is 7. The number of halogens is 2. The largest absolute Gasteiger partial charge is 0.456 e. The van der Waals surface area contributed by atoms with Crippen LogP contribution in [-0.2, 0) is 14.3 Å². The number of ether oxygens (including phenoxy) is 1. The normalized spacial score (nSPS) is 10.5. The van der Waals surface area contributed by atoms with Crippen LogP contribution >= 0.6 is 22.9 Å². The lowest BCUT2D eigenvalue weighted by molar-refractivity contribution is -0.147. The Bertz CT molecular complexity index is 850. The van der Waals surface area contributed by atoms with Crippen molar-refractivity contribution in [2.24, 2.45) is 0 Å². The summed E-state index contributed by atoms with van der Waals surface area (Å²) in [6.45, 7) is 3.25. The Hall–Kier alpha value is -2.25. The number of anilines is 1. The van der Waals surface area contributed by atoms with E-state index in [-0.39, 0.29) is 29.3 Å². The van der Waals surface area contributed by atoms with Gasteiger partial charge in [0.25, 0.3) is 5.91 Å². The van der Waals surface area contributed by atoms with Gasteiger partial charge in [0.15, 0.2) is 12.4 Å². The van der Waals surface area contributed by atoms with Crippen molar-refractivity contribution in [3.05, 3.63) is 50.4 Å². The zero-order valence-corrected chi connectivity index (χ0v) is 15.8. The van der Waals surface area contributed by atoms with Crippen molar-refractivity contribution in [1.82, 2.24) is 0 Å². The van der Waals surface area contributed by atoms with E-state index in [2.05, 4.69) is 5.32 Å². The monoisotopic (exact) mass is 397 g/mol. The minimum atomic E-state index is -0.650. The zero-order valence-electron chi connectivity index (χ0n) is 14.2. The first-order valence-electron chi connectivity index (χ1n) is 7.77. The molecule has 0 unspecified atom stereocenters. The molecule has 0 fully saturated rings. The van der Waals surface area contributed by atoms with Gasteiger partial charge in [-0.15, -0.1) is 11.3 Å². The fourth-order valence-corrected chi connectivity index (χ4v) is 3.41. The molecule has 0 spiro atoms. The van der Waals surface area contributed by atoms with Gasteiger partial charge >= 0.3 is 5.97 Å². The van der Waals surface area contributed by atoms with Crippen molar-refractivity contribution in [3.63, 3.8) is 0 Å². The minimum absolute atomic E-state index is 0.0151. The molecule has 8 heteroatoms. The van der Waals surface area contributed by atoms with Gasteiger partial charge in [-0.1, -0.05) is 11.6 Å². The molecule has 0 saturated carbocycles. The van der Waals surface area contributed by atoms with Gasteiger partial charge in [-0.3, -0.25) is 14.4 Å². The second-order valence-corrected chi connectivity index (χ2v) is 7.45. The van der Waals surface area contributed by atoms with Gasteiger partial charge in [0.2, 0.25) is 0 Å². The Balaban J connectivity index is 1.76. The van der Waals surface area contributed by atoms with Crippen molar-refractivity contribution in [2.75, 3.05) is 11.9 Å². The van der Waals surface area contributed by atoms with E-state index < -0.39 is 24.3 Å². The highest BCUT2D eigenvalue weighted by molar-refractivity contribution is 7.12. The van der Waals surface area contributed by atoms with E-state index in [1.165, 1.54) is 17.4 Å². The average molecular weight is 398 g/mol. The van der Waals surface area contributed by atoms with E-state index in [1.54, 1.807) is 6.07 Å². The fourth-order valence-electron chi connectivity index (χ4n) is 2.25. The summed E-state index contributed by atoms with van der Waals surface area (Å²) in [4.78, 5) is 37.5. The van der Waals surface area contributed by atoms with Crippen LogP contribution in [0.2, 0.25) is 5.02 Å². The Morgan fingerprint density at radius 1 is 1.19 bits per heavy atom. The summed E-state index contributed by atoms with van der Waals surface area (Å²) in [6.07, 6.45) is -0.0982. The SMILES string of the molecule is Cc1cc(C(=O)CCC(=O)OCC(=O)Nc2ccc(F)cc2Cl)c(C)s1. The Kier molecular flexibility index (Phi) is 6.88. The number of hydrogen-bond donors (Lipinski definition) is 1. The standard InChI is InChI=1S/C18H17ClFNO4S/c1-10-7-13(11(2)26-10)16(22)5-6-18(24)25-9-17(23)21-15-4-3-12(20)8-14(15)19/h3-4,7-8H,5-6,9H2,1-2H3,(H,21,23). The summed E-state index contributed by atoms with van der Waals surface area (Å²) in [6, 6.07) is 5.31. The third kappa shape index (κ3) is 5.64. The van der Waals surface area contributed by atoms with Gasteiger partial charge in [-0.2, -0.15) is 0 Å². The Morgan fingerprint density at radius 3 is 2.54 bits per heavy atom. The van der Waals surface area contributed by atoms with Crippen molar-refractivity contribution < 1.29 is 23.5 Å². The third-order valence-electron chi connectivity index (χ3n) is 3.47. The molecular formula is C18H17ClFNO4S. The van der Waals surface area contributed by atoms with E-state index >= 15 is 0 Å². The van der Waals surface area contributed by atoms with E-state index in [0.717, 1.165) is 21.9 Å². The number of nitrogens with one attached hydrogen (secondary N) is 1. The first-order chi connectivity index (χ1) is 12.3. The highest BCUT2D eigenvalue weighted by Gasteiger charge is 2.15. The third-order valence-corrected chi connectivity index (χ3v) is 4.75. The number of benzene rings is 1. The predicted octanol–water partition coefficient (Wildman–Crippen LogP) is 4.30. The summed E-state index contributed by atoms with van der Waals surface area (Å²) in [5.41, 5.74) is 0.830. The molecule has 0 radical (unpaired) electrons. The quantitative estimate of drug-likeness (QED) is 0.558. The predicted molar refractivity (Wildman–Crippen MR) is 98.4 cm³/mol. The van der Waals surface area contributed by atoms with Crippen LogP contribution in [0, 0.1) is 19.7 Å². The van der Waals surface area contributed by atoms with Gasteiger partial charge in [-0.25, -0.2) is 4.39 Å². The molecule has 5 nitrogen and oxygen atoms in total. The number of esters is 1. The number of carbonyl (C=O) groups is 3. The second-order valence-electron chi connectivity index (χ2n) is 5.58. The molecule has 1 aromatic heterocycles. The number of thiophene rings is 1. The summed E-state index contributed by atoms with van der Waals surface area (Å²) in [7, 11) is 0. The van der Waals surface area contributed by atoms with Gasteiger partial charge < -0.3 is 10.1 Å². The molecule has 0 aliphatic rings. The van der Waals surface area contributed by atoms with Gasteiger partial charge in [0, 0.05) is 21.7 Å². The average Bonchev–Trinajstić information content (AvgIpc) is 2.92. The van der Waals surface area contributed by atoms with Crippen molar-refractivity contribution in [2.45, 2.75) is 26.7 Å². The molecule has 0 aliphatic heterocycles. The number of amides is 1. The van der Waals surface area contributed by atoms with Crippen LogP contribution < -0.4 is 5.32 Å². The van der Waals surface area contributed by atoms with Crippen LogP contribution in [0.4, 0.5) is 10.1 Å². The van der Waals surface area contributed by atoms with Crippen molar-refractivity contribution in [1.29, 1.82) is 0 Å². The molecule has 1 aromatic carbocycles. The molecule has 0 atom stereocenters. The van der Waals surface area contributed by atoms with Crippen LogP contribution in [-0.4, -0.2) is 24.3 Å². The van der Waals surface area contributed by atoms with Crippen LogP contribution in [0.25, 0.3) is 0 Å². The van der Waals surface area contributed by atoms with Gasteiger partial charge in [0.1, 0.15) is 5.82 Å². The molecule has 1 N–H and O–H groups in total. The highest BCUT2D eigenvalue weighted by atomic mass is 35.5. The maximum absolute atomic E-state index is 12.9. The molecule has 0 bridgehead atoms. The molecule has 1 heterocycles. The van der Waals surface area contributed by atoms with Crippen LogP contribution in [0.15, 0.2) is 24.3 Å². The lowest BCUT2D eigenvalue weighted by Gasteiger charge is -2.08. The number of aryl methyl sites for hydroxylation is 2. The highest BCUT2D eigenvalue weighted by Crippen LogP contribution is 2.23. The smallest absolute Gasteiger partial charge is 0.306 e. The van der Waals surface area contributed by atoms with Crippen molar-refractivity contribution >= 4 is 46.3 Å². The molecule has 26 heavy (non-hydrogen) atoms. The maximum Gasteiger partial charge on any atom is 0.306 e. The van der Waals surface area contributed by atoms with Crippen LogP contribution in [0.5, 0.6) is 0 Å². The first-order valence-corrected chi connectivity index (χ1v) is 8.96. The lowest BCUT2D eigenvalue weighted by atomic mass is 10.1.